The van der Waals surface area contributed by atoms with Crippen LogP contribution < -0.4 is 69.2 Å². The standard InChI is InChI=1S/C75H91N15O17S2/c1-9-27-77-72(102)80-48-18-14-20-50(33-48)109(104,105)88-49-19-13-17-44(32-49)54(36-62(93)94)86-73(103)79-46-23-25-47(26-24-46)81-74(108)89-28-15-22-58(89)68(98)85-55(29-40(3)4)65(95)78-37-61(92)82-56(30-41(5)6)66(96)84-57(35-60(76)91)67(97)87-63(42(7)8)70(100)107-75(10-2)52-34-59-64-45(31-43-16-11-12-21-53(43)83-64)38-90(59)69(99)51(52)39-106-71(75)101/h11-14,16-21,23-26,31-34,40-42,54-58,63,88H,9-10,15,22,27-30,35-39H2,1-8H3,(H2,76,91)(H,78,95)(H,81,108)(H,82,92)(H,84,96)(H,85,98)(H,87,97)(H,93,94)(H2,77,80,102)(H2,79,86,103)/t54?,55-,56+,57+,58+,63+,75+/m0/s1. The highest BCUT2D eigenvalue weighted by Gasteiger charge is 2.52. The van der Waals surface area contributed by atoms with Crippen molar-refractivity contribution < 1.29 is 75.7 Å². The van der Waals surface area contributed by atoms with Gasteiger partial charge in [0.05, 0.1) is 59.3 Å². The van der Waals surface area contributed by atoms with Gasteiger partial charge < -0.3 is 82.9 Å². The Balaban J connectivity index is 0.774. The third-order valence-corrected chi connectivity index (χ3v) is 20.1. The summed E-state index contributed by atoms with van der Waals surface area (Å²) in [7, 11) is -4.22. The zero-order valence-corrected chi connectivity index (χ0v) is 63.1. The number of cyclic esters (lactones) is 1. The number of carboxylic acid groups (broad SMARTS) is 1. The molecule has 2 aromatic heterocycles. The van der Waals surface area contributed by atoms with Crippen LogP contribution in [0, 0.1) is 17.8 Å². The van der Waals surface area contributed by atoms with Gasteiger partial charge in [0.1, 0.15) is 36.8 Å². The number of hydrogen-bond acceptors (Lipinski definition) is 18. The molecule has 6 aromatic rings. The number of urea groups is 2. The van der Waals surface area contributed by atoms with Crippen LogP contribution in [0.5, 0.6) is 0 Å². The number of sulfonamides is 1. The van der Waals surface area contributed by atoms with Crippen molar-refractivity contribution in [1.82, 2.24) is 51.7 Å². The maximum Gasteiger partial charge on any atom is 0.355 e. The molecule has 0 saturated carbocycles. The number of rotatable bonds is 32. The molecule has 10 amide bonds. The Morgan fingerprint density at radius 3 is 2.05 bits per heavy atom. The Bertz CT molecular complexity index is 4690. The van der Waals surface area contributed by atoms with Gasteiger partial charge in [-0.1, -0.05) is 91.8 Å². The van der Waals surface area contributed by atoms with Gasteiger partial charge in [0.2, 0.25) is 41.0 Å². The molecule has 7 atom stereocenters. The second-order valence-electron chi connectivity index (χ2n) is 28.0. The van der Waals surface area contributed by atoms with Crippen molar-refractivity contribution in [2.75, 3.05) is 40.3 Å². The molecule has 3 aliphatic heterocycles. The van der Waals surface area contributed by atoms with E-state index >= 15 is 0 Å². The summed E-state index contributed by atoms with van der Waals surface area (Å²) in [6, 6.07) is 19.7. The molecule has 0 aliphatic carbocycles. The molecule has 34 heteroatoms. The number of carbonyl (C=O) groups is 11. The van der Waals surface area contributed by atoms with E-state index in [2.05, 4.69) is 57.9 Å². The summed E-state index contributed by atoms with van der Waals surface area (Å²) >= 11 is 5.79. The fourth-order valence-electron chi connectivity index (χ4n) is 13.0. The number of fused-ring (bicyclic) bond motifs is 5. The molecule has 1 fully saturated rings. The number of anilines is 4. The lowest BCUT2D eigenvalue weighted by molar-refractivity contribution is -0.191. The third kappa shape index (κ3) is 20.6. The second kappa shape index (κ2) is 35.9. The number of nitrogens with two attached hydrogens (primary N) is 1. The average Bonchev–Trinajstić information content (AvgIpc) is 1.66. The number of aromatic nitrogens is 2. The molecule has 580 valence electrons. The summed E-state index contributed by atoms with van der Waals surface area (Å²) in [6.07, 6.45) is 0.223. The molecule has 4 aromatic carbocycles. The lowest BCUT2D eigenvalue weighted by Crippen LogP contribution is -2.59. The number of aliphatic carboxylic acids is 1. The molecular weight excluding hydrogens is 1450 g/mol. The Labute approximate surface area is 634 Å². The van der Waals surface area contributed by atoms with Gasteiger partial charge in [0.15, 0.2) is 5.11 Å². The van der Waals surface area contributed by atoms with Gasteiger partial charge in [-0.05, 0) is 147 Å². The fourth-order valence-corrected chi connectivity index (χ4v) is 14.4. The van der Waals surface area contributed by atoms with E-state index in [1.807, 2.05) is 51.1 Å². The SMILES string of the molecule is CCCNC(=O)Nc1cccc(S(=O)(=O)Nc2cccc(C(CC(=O)O)NC(=O)Nc3ccc(NC(=S)N4CCC[C@@H]4C(=O)N[C@@H](CC(C)C)C(=O)NCC(=O)N[C@H](CC(C)C)C(=O)N[C@H](CC(N)=O)C(=O)N[C@@H](C(=O)O[C@@]4(CC)C(=O)OCc5c4cc4n(c5=O)Cc5cc6ccccc6nc5-4)C(C)C)cc3)c2)c1. The minimum atomic E-state index is -4.22. The van der Waals surface area contributed by atoms with Crippen LogP contribution in [0.25, 0.3) is 22.3 Å². The number of nitrogens with zero attached hydrogens (tertiary/aromatic N) is 3. The molecule has 14 N–H and O–H groups in total. The number of likely N-dealkylation sites (tertiary alicyclic amines) is 1. The number of carboxylic acids is 1. The van der Waals surface area contributed by atoms with Crippen molar-refractivity contribution in [1.29, 1.82) is 0 Å². The van der Waals surface area contributed by atoms with Crippen LogP contribution in [0.4, 0.5) is 32.3 Å². The molecule has 5 heterocycles. The van der Waals surface area contributed by atoms with Gasteiger partial charge in [0, 0.05) is 52.4 Å². The van der Waals surface area contributed by atoms with Crippen LogP contribution in [-0.4, -0.2) is 148 Å². The number of thiocarbonyl (C=S) groups is 1. The number of nitrogens with one attached hydrogen (secondary N) is 11. The highest BCUT2D eigenvalue weighted by atomic mass is 32.2. The number of benzene rings is 4. The summed E-state index contributed by atoms with van der Waals surface area (Å²) in [6.45, 7) is 13.7. The van der Waals surface area contributed by atoms with Crippen LogP contribution >= 0.6 is 12.2 Å². The molecule has 9 rings (SSSR count). The van der Waals surface area contributed by atoms with E-state index in [1.54, 1.807) is 69.9 Å². The van der Waals surface area contributed by atoms with E-state index in [-0.39, 0.29) is 81.4 Å². The molecule has 32 nitrogen and oxygen atoms in total. The van der Waals surface area contributed by atoms with Crippen molar-refractivity contribution >= 4 is 126 Å². The van der Waals surface area contributed by atoms with Crippen molar-refractivity contribution in [3.05, 3.63) is 142 Å². The number of esters is 2. The Kier molecular flexibility index (Phi) is 26.9. The number of pyridine rings is 2. The largest absolute Gasteiger partial charge is 0.481 e. The molecule has 0 bridgehead atoms. The molecule has 0 radical (unpaired) electrons. The predicted molar refractivity (Wildman–Crippen MR) is 407 cm³/mol. The van der Waals surface area contributed by atoms with Crippen LogP contribution in [-0.2, 0) is 81.4 Å². The van der Waals surface area contributed by atoms with Crippen LogP contribution in [0.15, 0.2) is 119 Å². The van der Waals surface area contributed by atoms with E-state index in [9.17, 15) is 71.1 Å². The van der Waals surface area contributed by atoms with Gasteiger partial charge in [-0.2, -0.15) is 0 Å². The quantitative estimate of drug-likeness (QED) is 0.0174. The Morgan fingerprint density at radius 1 is 0.716 bits per heavy atom. The lowest BCUT2D eigenvalue weighted by atomic mass is 9.85. The molecule has 1 unspecified atom stereocenters. The molecule has 0 spiro atoms. The van der Waals surface area contributed by atoms with E-state index in [0.717, 1.165) is 10.9 Å². The smallest absolute Gasteiger partial charge is 0.355 e. The number of ether oxygens (including phenoxy) is 2. The molecular formula is C75H91N15O17S2. The first-order chi connectivity index (χ1) is 51.8. The average molecular weight is 1540 g/mol. The zero-order chi connectivity index (χ0) is 79.2. The normalized spacial score (nSPS) is 16.3. The maximum absolute atomic E-state index is 14.5. The zero-order valence-electron chi connectivity index (χ0n) is 61.5. The third-order valence-electron chi connectivity index (χ3n) is 18.4. The van der Waals surface area contributed by atoms with Crippen molar-refractivity contribution in [2.45, 2.75) is 167 Å². The van der Waals surface area contributed by atoms with Crippen molar-refractivity contribution in [3.8, 4) is 11.4 Å². The first-order valence-corrected chi connectivity index (χ1v) is 37.7. The van der Waals surface area contributed by atoms with Gasteiger partial charge in [0.25, 0.3) is 15.6 Å². The number of amides is 10. The minimum Gasteiger partial charge on any atom is -0.481 e. The van der Waals surface area contributed by atoms with E-state index in [4.69, 9.17) is 32.4 Å². The number of para-hydroxylation sites is 1. The minimum absolute atomic E-state index is 0.00212. The first kappa shape index (κ1) is 81.5. The fraction of sp³-hybridized carbons (Fsp3) is 0.413. The highest BCUT2D eigenvalue weighted by Crippen LogP contribution is 2.42. The molecule has 3 aliphatic rings. The molecule has 1 saturated heterocycles. The van der Waals surface area contributed by atoms with Gasteiger partial charge in [-0.25, -0.2) is 32.6 Å². The number of hydrogen-bond donors (Lipinski definition) is 13. The van der Waals surface area contributed by atoms with Crippen LogP contribution in [0.1, 0.15) is 135 Å². The second-order valence-corrected chi connectivity index (χ2v) is 30.1. The van der Waals surface area contributed by atoms with Gasteiger partial charge in [-0.3, -0.25) is 43.1 Å². The monoisotopic (exact) mass is 1540 g/mol. The van der Waals surface area contributed by atoms with Gasteiger partial charge >= 0.3 is 30.0 Å². The molecule has 109 heavy (non-hydrogen) atoms. The van der Waals surface area contributed by atoms with Crippen LogP contribution in [0.3, 0.4) is 0 Å². The topological polar surface area (TPSA) is 457 Å². The van der Waals surface area contributed by atoms with Crippen molar-refractivity contribution in [2.24, 2.45) is 23.5 Å². The van der Waals surface area contributed by atoms with E-state index in [0.29, 0.717) is 54.9 Å². The summed E-state index contributed by atoms with van der Waals surface area (Å²) in [5, 5.41) is 37.5. The first-order valence-electron chi connectivity index (χ1n) is 35.8. The summed E-state index contributed by atoms with van der Waals surface area (Å²) in [5.74, 6) is -9.53. The van der Waals surface area contributed by atoms with Crippen LogP contribution in [0.2, 0.25) is 0 Å². The summed E-state index contributed by atoms with van der Waals surface area (Å²) in [5.41, 5.74) is 6.83. The van der Waals surface area contributed by atoms with Crippen molar-refractivity contribution in [3.63, 3.8) is 0 Å². The lowest BCUT2D eigenvalue weighted by Gasteiger charge is -2.37. The maximum atomic E-state index is 14.5. The Hall–Kier alpha value is -11.6. The van der Waals surface area contributed by atoms with Gasteiger partial charge in [-0.15, -0.1) is 0 Å². The highest BCUT2D eigenvalue weighted by molar-refractivity contribution is 7.92. The van der Waals surface area contributed by atoms with E-state index in [1.165, 1.54) is 53.1 Å². The summed E-state index contributed by atoms with van der Waals surface area (Å²) < 4.78 is 42.6. The Morgan fingerprint density at radius 2 is 1.38 bits per heavy atom. The van der Waals surface area contributed by atoms with E-state index < -0.39 is 155 Å². The predicted octanol–water partition coefficient (Wildman–Crippen LogP) is 5.84. The number of carbonyl (C=O) groups excluding carboxylic acids is 10. The number of primary amides is 1. The summed E-state index contributed by atoms with van der Waals surface area (Å²) in [4.78, 5) is 170.